The first-order valence-corrected chi connectivity index (χ1v) is 7.64. The van der Waals surface area contributed by atoms with Crippen LogP contribution in [0.25, 0.3) is 0 Å². The van der Waals surface area contributed by atoms with Gasteiger partial charge < -0.3 is 15.8 Å². The first-order chi connectivity index (χ1) is 10.6. The Morgan fingerprint density at radius 3 is 2.91 bits per heavy atom. The average Bonchev–Trinajstić information content (AvgIpc) is 3.02. The predicted octanol–water partition coefficient (Wildman–Crippen LogP) is 2.79. The fourth-order valence-electron chi connectivity index (χ4n) is 2.73. The number of anilines is 2. The van der Waals surface area contributed by atoms with Gasteiger partial charge in [-0.2, -0.15) is 4.98 Å². The number of benzene rings is 1. The van der Waals surface area contributed by atoms with E-state index >= 15 is 0 Å². The molecule has 0 bridgehead atoms. The molecule has 0 saturated carbocycles. The molecule has 0 amide bonds. The topological polar surface area (TPSA) is 73.1 Å². The number of nitrogens with two attached hydrogens (primary N) is 1. The third-order valence-corrected chi connectivity index (χ3v) is 4.08. The summed E-state index contributed by atoms with van der Waals surface area (Å²) >= 11 is 0. The second-order valence-corrected chi connectivity index (χ2v) is 5.88. The summed E-state index contributed by atoms with van der Waals surface area (Å²) in [5.74, 6) is 1.41. The molecule has 116 valence electrons. The van der Waals surface area contributed by atoms with Crippen LogP contribution in [0.2, 0.25) is 0 Å². The van der Waals surface area contributed by atoms with E-state index in [1.807, 2.05) is 6.07 Å². The van der Waals surface area contributed by atoms with Gasteiger partial charge in [0.05, 0.1) is 12.3 Å². The fourth-order valence-corrected chi connectivity index (χ4v) is 2.73. The molecule has 1 atom stereocenters. The Hall–Kier alpha value is -2.14. The number of aromatic nitrogens is 2. The minimum Gasteiger partial charge on any atom is -0.381 e. The molecule has 5 nitrogen and oxygen atoms in total. The van der Waals surface area contributed by atoms with Crippen molar-refractivity contribution < 1.29 is 4.74 Å². The van der Waals surface area contributed by atoms with Crippen LogP contribution in [-0.4, -0.2) is 23.2 Å². The first kappa shape index (κ1) is 14.8. The van der Waals surface area contributed by atoms with E-state index in [9.17, 15) is 0 Å². The van der Waals surface area contributed by atoms with Crippen LogP contribution in [0.15, 0.2) is 24.3 Å². The van der Waals surface area contributed by atoms with Crippen molar-refractivity contribution in [1.29, 1.82) is 0 Å². The van der Waals surface area contributed by atoms with Gasteiger partial charge in [-0.1, -0.05) is 23.8 Å². The highest BCUT2D eigenvalue weighted by Gasteiger charge is 2.20. The van der Waals surface area contributed by atoms with E-state index in [2.05, 4.69) is 47.3 Å². The van der Waals surface area contributed by atoms with Crippen molar-refractivity contribution in [1.82, 2.24) is 9.97 Å². The van der Waals surface area contributed by atoms with Crippen LogP contribution in [0.3, 0.4) is 0 Å². The molecule has 5 heteroatoms. The Morgan fingerprint density at radius 2 is 2.14 bits per heavy atom. The lowest BCUT2D eigenvalue weighted by molar-refractivity contribution is 0.193. The minimum atomic E-state index is 0.313. The average molecular weight is 298 g/mol. The van der Waals surface area contributed by atoms with Crippen LogP contribution in [-0.2, 0) is 11.3 Å². The van der Waals surface area contributed by atoms with Crippen molar-refractivity contribution in [2.45, 2.75) is 32.7 Å². The molecular weight excluding hydrogens is 276 g/mol. The molecule has 1 aliphatic rings. The third kappa shape index (κ3) is 3.36. The standard InChI is InChI=1S/C17H22N4O/c1-11-3-4-12(2)14(7-11)9-19-16-8-15(20-17(18)21-16)13-5-6-22-10-13/h3-4,7-8,13H,5-6,9-10H2,1-2H3,(H3,18,19,20,21)/t13-/m0/s1. The summed E-state index contributed by atoms with van der Waals surface area (Å²) in [6, 6.07) is 8.45. The molecule has 0 spiro atoms. The number of nitrogen functional groups attached to an aromatic ring is 1. The zero-order valence-electron chi connectivity index (χ0n) is 13.1. The van der Waals surface area contributed by atoms with E-state index in [1.165, 1.54) is 16.7 Å². The highest BCUT2D eigenvalue weighted by Crippen LogP contribution is 2.25. The summed E-state index contributed by atoms with van der Waals surface area (Å²) in [7, 11) is 0. The molecule has 1 aliphatic heterocycles. The summed E-state index contributed by atoms with van der Waals surface area (Å²) in [6.45, 7) is 6.45. The monoisotopic (exact) mass is 298 g/mol. The van der Waals surface area contributed by atoms with E-state index in [0.29, 0.717) is 18.5 Å². The van der Waals surface area contributed by atoms with Crippen LogP contribution >= 0.6 is 0 Å². The molecule has 0 radical (unpaired) electrons. The van der Waals surface area contributed by atoms with Crippen molar-refractivity contribution in [2.24, 2.45) is 0 Å². The van der Waals surface area contributed by atoms with Gasteiger partial charge in [0.2, 0.25) is 5.95 Å². The number of nitrogens with one attached hydrogen (secondary N) is 1. The van der Waals surface area contributed by atoms with Crippen LogP contribution < -0.4 is 11.1 Å². The van der Waals surface area contributed by atoms with E-state index in [-0.39, 0.29) is 0 Å². The van der Waals surface area contributed by atoms with Gasteiger partial charge in [0.1, 0.15) is 5.82 Å². The third-order valence-electron chi connectivity index (χ3n) is 4.08. The van der Waals surface area contributed by atoms with Crippen LogP contribution in [0.4, 0.5) is 11.8 Å². The van der Waals surface area contributed by atoms with Gasteiger partial charge in [-0.3, -0.25) is 0 Å². The Balaban J connectivity index is 1.75. The quantitative estimate of drug-likeness (QED) is 0.908. The molecule has 1 saturated heterocycles. The Morgan fingerprint density at radius 1 is 1.27 bits per heavy atom. The summed E-state index contributed by atoms with van der Waals surface area (Å²) in [6.07, 6.45) is 0.993. The van der Waals surface area contributed by atoms with Gasteiger partial charge in [-0.05, 0) is 31.4 Å². The largest absolute Gasteiger partial charge is 0.381 e. The Labute approximate surface area is 130 Å². The van der Waals surface area contributed by atoms with Crippen LogP contribution in [0, 0.1) is 13.8 Å². The number of ether oxygens (including phenoxy) is 1. The number of aryl methyl sites for hydroxylation is 2. The maximum Gasteiger partial charge on any atom is 0.222 e. The fraction of sp³-hybridized carbons (Fsp3) is 0.412. The van der Waals surface area contributed by atoms with E-state index < -0.39 is 0 Å². The van der Waals surface area contributed by atoms with Crippen LogP contribution in [0.1, 0.15) is 34.7 Å². The summed E-state index contributed by atoms with van der Waals surface area (Å²) in [5.41, 5.74) is 10.6. The van der Waals surface area contributed by atoms with E-state index in [4.69, 9.17) is 10.5 Å². The molecule has 0 aliphatic carbocycles. The molecule has 1 aromatic heterocycles. The van der Waals surface area contributed by atoms with E-state index in [0.717, 1.165) is 31.1 Å². The Bertz CT molecular complexity index is 666. The number of hydrogen-bond acceptors (Lipinski definition) is 5. The molecule has 2 heterocycles. The maximum atomic E-state index is 5.85. The summed E-state index contributed by atoms with van der Waals surface area (Å²) < 4.78 is 5.43. The van der Waals surface area contributed by atoms with Crippen molar-refractivity contribution >= 4 is 11.8 Å². The lowest BCUT2D eigenvalue weighted by Gasteiger charge is -2.12. The molecule has 3 N–H and O–H groups in total. The lowest BCUT2D eigenvalue weighted by atomic mass is 10.0. The van der Waals surface area contributed by atoms with Crippen LogP contribution in [0.5, 0.6) is 0 Å². The van der Waals surface area contributed by atoms with Crippen molar-refractivity contribution in [3.63, 3.8) is 0 Å². The van der Waals surface area contributed by atoms with E-state index in [1.54, 1.807) is 0 Å². The molecular formula is C17H22N4O. The maximum absolute atomic E-state index is 5.85. The number of hydrogen-bond donors (Lipinski definition) is 2. The summed E-state index contributed by atoms with van der Waals surface area (Å²) in [4.78, 5) is 8.64. The van der Waals surface area contributed by atoms with Gasteiger partial charge in [0, 0.05) is 25.1 Å². The predicted molar refractivity (Wildman–Crippen MR) is 87.9 cm³/mol. The first-order valence-electron chi connectivity index (χ1n) is 7.64. The van der Waals surface area contributed by atoms with Crippen molar-refractivity contribution in [3.05, 3.63) is 46.6 Å². The second-order valence-electron chi connectivity index (χ2n) is 5.88. The van der Waals surface area contributed by atoms with Gasteiger partial charge in [-0.25, -0.2) is 4.98 Å². The van der Waals surface area contributed by atoms with Crippen molar-refractivity contribution in [3.8, 4) is 0 Å². The van der Waals surface area contributed by atoms with Gasteiger partial charge >= 0.3 is 0 Å². The highest BCUT2D eigenvalue weighted by atomic mass is 16.5. The van der Waals surface area contributed by atoms with Crippen molar-refractivity contribution in [2.75, 3.05) is 24.3 Å². The Kier molecular flexibility index (Phi) is 4.24. The van der Waals surface area contributed by atoms with Gasteiger partial charge in [0.25, 0.3) is 0 Å². The lowest BCUT2D eigenvalue weighted by Crippen LogP contribution is -2.09. The molecule has 1 aromatic carbocycles. The zero-order valence-corrected chi connectivity index (χ0v) is 13.1. The second kappa shape index (κ2) is 6.32. The highest BCUT2D eigenvalue weighted by molar-refractivity contribution is 5.43. The number of nitrogens with zero attached hydrogens (tertiary/aromatic N) is 2. The smallest absolute Gasteiger partial charge is 0.222 e. The molecule has 0 unspecified atom stereocenters. The molecule has 1 fully saturated rings. The molecule has 3 rings (SSSR count). The van der Waals surface area contributed by atoms with Gasteiger partial charge in [-0.15, -0.1) is 0 Å². The molecule has 22 heavy (non-hydrogen) atoms. The zero-order chi connectivity index (χ0) is 15.5. The SMILES string of the molecule is Cc1ccc(C)c(CNc2cc([C@H]3CCOC3)nc(N)n2)c1. The minimum absolute atomic E-state index is 0.313. The van der Waals surface area contributed by atoms with Gasteiger partial charge in [0.15, 0.2) is 0 Å². The normalized spacial score (nSPS) is 17.6. The summed E-state index contributed by atoms with van der Waals surface area (Å²) in [5, 5.41) is 3.36. The molecule has 2 aromatic rings. The number of rotatable bonds is 4.